The lowest BCUT2D eigenvalue weighted by Crippen LogP contribution is -2.63. The maximum absolute atomic E-state index is 5.67. The Morgan fingerprint density at radius 2 is 1.57 bits per heavy atom. The average molecular weight is 289 g/mol. The first-order valence-corrected chi connectivity index (χ1v) is 8.39. The fourth-order valence-electron chi connectivity index (χ4n) is 4.30. The maximum Gasteiger partial charge on any atom is 0.133 e. The lowest BCUT2D eigenvalue weighted by Gasteiger charge is -2.49. The van der Waals surface area contributed by atoms with Crippen molar-refractivity contribution in [3.05, 3.63) is 30.3 Å². The van der Waals surface area contributed by atoms with Crippen molar-refractivity contribution in [1.82, 2.24) is 9.38 Å². The van der Waals surface area contributed by atoms with E-state index in [-0.39, 0.29) is 0 Å². The van der Waals surface area contributed by atoms with Crippen LogP contribution in [0.4, 0.5) is 5.69 Å². The van der Waals surface area contributed by atoms with Crippen LogP contribution in [0.1, 0.15) is 25.7 Å². The van der Waals surface area contributed by atoms with Crippen LogP contribution in [-0.2, 0) is 4.74 Å². The Morgan fingerprint density at radius 1 is 0.952 bits per heavy atom. The molecule has 1 aromatic carbocycles. The molecular weight excluding hydrogens is 260 g/mol. The molecule has 0 spiro atoms. The molecule has 1 aromatic rings. The predicted molar refractivity (Wildman–Crippen MR) is 88.5 cm³/mol. The van der Waals surface area contributed by atoms with Crippen molar-refractivity contribution < 1.29 is 4.74 Å². The summed E-state index contributed by atoms with van der Waals surface area (Å²) in [5.74, 6) is 0. The van der Waals surface area contributed by atoms with Gasteiger partial charge in [0.1, 0.15) is 18.8 Å². The van der Waals surface area contributed by atoms with Crippen molar-refractivity contribution in [2.75, 3.05) is 40.4 Å². The third-order valence-corrected chi connectivity index (χ3v) is 5.64. The highest BCUT2D eigenvalue weighted by atomic mass is 16.5. The van der Waals surface area contributed by atoms with Gasteiger partial charge in [-0.3, -0.25) is 4.48 Å². The summed E-state index contributed by atoms with van der Waals surface area (Å²) in [4.78, 5) is 2.41. The molecule has 3 rings (SSSR count). The Hall–Kier alpha value is -0.900. The molecule has 0 atom stereocenters. The Bertz CT molecular complexity index is 432. The number of para-hydroxylation sites is 1. The zero-order valence-corrected chi connectivity index (χ0v) is 13.5. The van der Waals surface area contributed by atoms with Gasteiger partial charge in [-0.2, -0.15) is 0 Å². The molecule has 0 radical (unpaired) electrons. The molecule has 3 heteroatoms. The molecule has 3 nitrogen and oxygen atoms in total. The third kappa shape index (κ3) is 3.01. The summed E-state index contributed by atoms with van der Waals surface area (Å²) in [5.41, 5.74) is 1.49. The van der Waals surface area contributed by atoms with Crippen molar-refractivity contribution in [3.8, 4) is 0 Å². The molecule has 1 aliphatic heterocycles. The number of nitrogens with zero attached hydrogens (tertiary/aromatic N) is 2. The molecular formula is C18H29N2O+. The Kier molecular flexibility index (Phi) is 4.63. The fourth-order valence-corrected chi connectivity index (χ4v) is 4.30. The Labute approximate surface area is 129 Å². The van der Waals surface area contributed by atoms with Crippen molar-refractivity contribution in [1.29, 1.82) is 0 Å². The Morgan fingerprint density at radius 3 is 2.14 bits per heavy atom. The number of hydrogen-bond acceptors (Lipinski definition) is 2. The third-order valence-electron chi connectivity index (χ3n) is 5.64. The molecule has 1 heterocycles. The van der Waals surface area contributed by atoms with Gasteiger partial charge in [0, 0.05) is 18.9 Å². The van der Waals surface area contributed by atoms with E-state index in [0.717, 1.165) is 42.9 Å². The summed E-state index contributed by atoms with van der Waals surface area (Å²) in [6.45, 7) is 4.09. The van der Waals surface area contributed by atoms with Gasteiger partial charge in [0.25, 0.3) is 0 Å². The van der Waals surface area contributed by atoms with E-state index >= 15 is 0 Å². The highest BCUT2D eigenvalue weighted by molar-refractivity contribution is 5.44. The molecule has 0 N–H and O–H groups in total. The summed E-state index contributed by atoms with van der Waals surface area (Å²) in [5, 5.41) is 0. The van der Waals surface area contributed by atoms with E-state index in [1.807, 2.05) is 0 Å². The summed E-state index contributed by atoms with van der Waals surface area (Å²) >= 11 is 0. The second-order valence-electron chi connectivity index (χ2n) is 6.86. The average Bonchev–Trinajstić information content (AvgIpc) is 2.56. The van der Waals surface area contributed by atoms with Crippen LogP contribution < -0.4 is 4.48 Å². The Balaban J connectivity index is 1.81. The van der Waals surface area contributed by atoms with Gasteiger partial charge < -0.3 is 9.64 Å². The quantitative estimate of drug-likeness (QED) is 0.793. The summed E-state index contributed by atoms with van der Waals surface area (Å²) in [6, 6.07) is 12.7. The molecule has 0 bridgehead atoms. The molecule has 0 unspecified atom stereocenters. The van der Waals surface area contributed by atoms with Crippen LogP contribution in [0.15, 0.2) is 30.3 Å². The highest BCUT2D eigenvalue weighted by Gasteiger charge is 2.42. The summed E-state index contributed by atoms with van der Waals surface area (Å²) in [6.07, 6.45) is 5.37. The fraction of sp³-hybridized carbons (Fsp3) is 0.667. The second-order valence-corrected chi connectivity index (χ2v) is 6.86. The van der Waals surface area contributed by atoms with Gasteiger partial charge >= 0.3 is 0 Å². The topological polar surface area (TPSA) is 12.5 Å². The lowest BCUT2D eigenvalue weighted by molar-refractivity contribution is 0.00717. The molecule has 2 aliphatic rings. The first-order valence-electron chi connectivity index (χ1n) is 8.39. The molecule has 1 aliphatic carbocycles. The van der Waals surface area contributed by atoms with E-state index in [0.29, 0.717) is 0 Å². The van der Waals surface area contributed by atoms with Gasteiger partial charge in [0.15, 0.2) is 0 Å². The van der Waals surface area contributed by atoms with Crippen LogP contribution in [0.3, 0.4) is 0 Å². The van der Waals surface area contributed by atoms with Crippen LogP contribution in [0.2, 0.25) is 0 Å². The normalized spacial score (nSPS) is 29.5. The largest absolute Gasteiger partial charge is 0.370 e. The van der Waals surface area contributed by atoms with Crippen LogP contribution in [0.5, 0.6) is 0 Å². The van der Waals surface area contributed by atoms with Crippen LogP contribution >= 0.6 is 0 Å². The van der Waals surface area contributed by atoms with Crippen molar-refractivity contribution in [2.24, 2.45) is 0 Å². The van der Waals surface area contributed by atoms with Gasteiger partial charge in [-0.15, -0.1) is 0 Å². The minimum Gasteiger partial charge on any atom is -0.370 e. The van der Waals surface area contributed by atoms with Gasteiger partial charge in [0.2, 0.25) is 0 Å². The highest BCUT2D eigenvalue weighted by Crippen LogP contribution is 2.36. The molecule has 1 saturated carbocycles. The summed E-state index contributed by atoms with van der Waals surface area (Å²) < 4.78 is 6.83. The molecule has 1 saturated heterocycles. The maximum atomic E-state index is 5.67. The molecule has 0 amide bonds. The van der Waals surface area contributed by atoms with E-state index < -0.39 is 0 Å². The van der Waals surface area contributed by atoms with Crippen molar-refractivity contribution in [2.45, 2.75) is 37.8 Å². The van der Waals surface area contributed by atoms with Crippen molar-refractivity contribution in [3.63, 3.8) is 0 Å². The van der Waals surface area contributed by atoms with E-state index in [2.05, 4.69) is 49.3 Å². The van der Waals surface area contributed by atoms with Crippen LogP contribution in [0.25, 0.3) is 0 Å². The number of hydrogen-bond donors (Lipinski definition) is 0. The monoisotopic (exact) mass is 289 g/mol. The number of morpholine rings is 1. The van der Waals surface area contributed by atoms with E-state index in [1.54, 1.807) is 0 Å². The van der Waals surface area contributed by atoms with E-state index in [1.165, 1.54) is 31.4 Å². The summed E-state index contributed by atoms with van der Waals surface area (Å²) in [7, 11) is 4.45. The predicted octanol–water partition coefficient (Wildman–Crippen LogP) is 2.90. The first-order chi connectivity index (χ1) is 10.2. The van der Waals surface area contributed by atoms with Gasteiger partial charge in [0.05, 0.1) is 19.3 Å². The number of rotatable bonds is 3. The molecule has 2 fully saturated rings. The molecule has 116 valence electrons. The van der Waals surface area contributed by atoms with Gasteiger partial charge in [-0.05, 0) is 39.1 Å². The molecule has 21 heavy (non-hydrogen) atoms. The minimum atomic E-state index is 0.771. The van der Waals surface area contributed by atoms with Crippen LogP contribution in [-0.4, -0.2) is 57.4 Å². The lowest BCUT2D eigenvalue weighted by atomic mass is 9.87. The molecule has 0 aromatic heterocycles. The number of quaternary nitrogens is 1. The second kappa shape index (κ2) is 6.47. The first kappa shape index (κ1) is 15.0. The number of ether oxygens (including phenoxy) is 1. The van der Waals surface area contributed by atoms with Gasteiger partial charge in [-0.25, -0.2) is 0 Å². The number of benzene rings is 1. The van der Waals surface area contributed by atoms with E-state index in [4.69, 9.17) is 4.74 Å². The minimum absolute atomic E-state index is 0.771. The smallest absolute Gasteiger partial charge is 0.133 e. The zero-order chi connectivity index (χ0) is 14.7. The van der Waals surface area contributed by atoms with Gasteiger partial charge in [-0.1, -0.05) is 18.2 Å². The standard InChI is InChI=1S/C18H29N2O/c1-19(2)16-8-10-18(11-9-16)20(12-14-21-15-13-20)17-6-4-3-5-7-17/h3-7,16,18H,8-15H2,1-2H3/q+1. The van der Waals surface area contributed by atoms with E-state index in [9.17, 15) is 0 Å². The van der Waals surface area contributed by atoms with Crippen LogP contribution in [0, 0.1) is 0 Å². The SMILES string of the molecule is CN(C)C1CCC([N+]2(c3ccccc3)CCOCC2)CC1. The van der Waals surface area contributed by atoms with Crippen molar-refractivity contribution >= 4 is 5.69 Å². The zero-order valence-electron chi connectivity index (χ0n) is 13.5.